The average molecular weight is 204 g/mol. The molecule has 2 aliphatic heterocycles. The van der Waals surface area contributed by atoms with Crippen LogP contribution in [0, 0.1) is 0 Å². The second kappa shape index (κ2) is 3.43. The van der Waals surface area contributed by atoms with Crippen molar-refractivity contribution < 1.29 is 24.1 Å². The molecule has 14 heavy (non-hydrogen) atoms. The fourth-order valence-corrected chi connectivity index (χ4v) is 1.98. The lowest BCUT2D eigenvalue weighted by Gasteiger charge is -2.23. The molecule has 5 heteroatoms. The highest BCUT2D eigenvalue weighted by atomic mass is 16.8. The minimum atomic E-state index is -0.632. The van der Waals surface area contributed by atoms with Gasteiger partial charge in [-0.2, -0.15) is 0 Å². The Morgan fingerprint density at radius 3 is 2.64 bits per heavy atom. The molecule has 0 aliphatic carbocycles. The van der Waals surface area contributed by atoms with E-state index in [2.05, 4.69) is 0 Å². The van der Waals surface area contributed by atoms with E-state index >= 15 is 0 Å². The van der Waals surface area contributed by atoms with Crippen molar-refractivity contribution in [1.82, 2.24) is 0 Å². The summed E-state index contributed by atoms with van der Waals surface area (Å²) in [5.74, 6) is -0.632. The molecular formula is C9H16O5. The molecule has 1 N–H and O–H groups in total. The molecule has 0 aromatic carbocycles. The maximum Gasteiger partial charge on any atom is 0.190 e. The Balaban J connectivity index is 2.09. The maximum atomic E-state index is 9.04. The maximum absolute atomic E-state index is 9.04. The molecule has 0 aromatic rings. The quantitative estimate of drug-likeness (QED) is 0.679. The van der Waals surface area contributed by atoms with Gasteiger partial charge in [-0.1, -0.05) is 0 Å². The van der Waals surface area contributed by atoms with E-state index in [4.69, 9.17) is 24.1 Å². The summed E-state index contributed by atoms with van der Waals surface area (Å²) in [6.45, 7) is 3.57. The second-order valence-corrected chi connectivity index (χ2v) is 4.03. The van der Waals surface area contributed by atoms with Gasteiger partial charge in [0.2, 0.25) is 0 Å². The smallest absolute Gasteiger partial charge is 0.190 e. The van der Waals surface area contributed by atoms with Crippen LogP contribution in [0.15, 0.2) is 0 Å². The highest BCUT2D eigenvalue weighted by Crippen LogP contribution is 2.38. The number of hydrogen-bond donors (Lipinski definition) is 1. The van der Waals surface area contributed by atoms with Gasteiger partial charge in [0.05, 0.1) is 6.61 Å². The first-order valence-corrected chi connectivity index (χ1v) is 4.72. The van der Waals surface area contributed by atoms with Gasteiger partial charge >= 0.3 is 0 Å². The zero-order valence-corrected chi connectivity index (χ0v) is 8.60. The summed E-state index contributed by atoms with van der Waals surface area (Å²) >= 11 is 0. The van der Waals surface area contributed by atoms with Gasteiger partial charge in [-0.15, -0.1) is 0 Å². The highest BCUT2D eigenvalue weighted by Gasteiger charge is 2.54. The van der Waals surface area contributed by atoms with Crippen molar-refractivity contribution in [3.63, 3.8) is 0 Å². The zero-order chi connectivity index (χ0) is 10.3. The van der Waals surface area contributed by atoms with Crippen LogP contribution in [0.5, 0.6) is 0 Å². The van der Waals surface area contributed by atoms with Gasteiger partial charge in [0.25, 0.3) is 0 Å². The van der Waals surface area contributed by atoms with E-state index in [0.717, 1.165) is 0 Å². The third-order valence-electron chi connectivity index (χ3n) is 2.54. The third-order valence-corrected chi connectivity index (χ3v) is 2.54. The van der Waals surface area contributed by atoms with Gasteiger partial charge in [0, 0.05) is 7.11 Å². The first kappa shape index (κ1) is 10.3. The molecular weight excluding hydrogens is 188 g/mol. The first-order chi connectivity index (χ1) is 6.57. The standard InChI is InChI=1S/C9H16O5/c1-9(2)13-7-6(11-3)5(4-10)12-8(7)14-9/h5-8,10H,4H2,1-3H3/t5-,6-,7-,8-/m1/s1. The number of methoxy groups -OCH3 is 1. The van der Waals surface area contributed by atoms with Crippen LogP contribution in [-0.4, -0.2) is 49.2 Å². The lowest BCUT2D eigenvalue weighted by atomic mass is 10.1. The molecule has 0 spiro atoms. The molecule has 0 bridgehead atoms. The van der Waals surface area contributed by atoms with Gasteiger partial charge in [0.1, 0.15) is 18.3 Å². The van der Waals surface area contributed by atoms with E-state index in [0.29, 0.717) is 0 Å². The Hall–Kier alpha value is -0.200. The molecule has 2 heterocycles. The monoisotopic (exact) mass is 204 g/mol. The molecule has 2 rings (SSSR count). The largest absolute Gasteiger partial charge is 0.394 e. The van der Waals surface area contributed by atoms with E-state index in [1.165, 1.54) is 0 Å². The molecule has 0 amide bonds. The lowest BCUT2D eigenvalue weighted by molar-refractivity contribution is -0.220. The second-order valence-electron chi connectivity index (χ2n) is 4.03. The number of hydrogen-bond acceptors (Lipinski definition) is 5. The van der Waals surface area contributed by atoms with Crippen molar-refractivity contribution in [3.05, 3.63) is 0 Å². The molecule has 82 valence electrons. The van der Waals surface area contributed by atoms with Crippen LogP contribution in [0.2, 0.25) is 0 Å². The Morgan fingerprint density at radius 1 is 1.36 bits per heavy atom. The number of aliphatic hydroxyl groups excluding tert-OH is 1. The summed E-state index contributed by atoms with van der Waals surface area (Å²) in [6.07, 6.45) is -1.28. The summed E-state index contributed by atoms with van der Waals surface area (Å²) < 4.78 is 21.8. The van der Waals surface area contributed by atoms with Gasteiger partial charge in [0.15, 0.2) is 12.1 Å². The molecule has 0 saturated carbocycles. The number of aliphatic hydroxyl groups is 1. The fraction of sp³-hybridized carbons (Fsp3) is 1.00. The number of fused-ring (bicyclic) bond motifs is 1. The van der Waals surface area contributed by atoms with E-state index in [1.807, 2.05) is 13.8 Å². The zero-order valence-electron chi connectivity index (χ0n) is 8.60. The Morgan fingerprint density at radius 2 is 2.07 bits per heavy atom. The summed E-state index contributed by atoms with van der Waals surface area (Å²) in [5.41, 5.74) is 0. The van der Waals surface area contributed by atoms with E-state index in [-0.39, 0.29) is 24.9 Å². The van der Waals surface area contributed by atoms with Gasteiger partial charge < -0.3 is 24.1 Å². The molecule has 0 aromatic heterocycles. The minimum absolute atomic E-state index is 0.0847. The molecule has 2 saturated heterocycles. The van der Waals surface area contributed by atoms with Crippen LogP contribution in [-0.2, 0) is 18.9 Å². The predicted octanol–water partition coefficient (Wildman–Crippen LogP) is -0.130. The SMILES string of the molecule is CO[C@H]1[C@H]2OC(C)(C)O[C@H]2O[C@@H]1CO. The topological polar surface area (TPSA) is 57.2 Å². The van der Waals surface area contributed by atoms with Crippen molar-refractivity contribution in [2.24, 2.45) is 0 Å². The van der Waals surface area contributed by atoms with Crippen LogP contribution < -0.4 is 0 Å². The van der Waals surface area contributed by atoms with Crippen molar-refractivity contribution in [3.8, 4) is 0 Å². The van der Waals surface area contributed by atoms with E-state index < -0.39 is 12.1 Å². The fourth-order valence-electron chi connectivity index (χ4n) is 1.98. The molecule has 2 fully saturated rings. The van der Waals surface area contributed by atoms with Crippen molar-refractivity contribution >= 4 is 0 Å². The average Bonchev–Trinajstić information content (AvgIpc) is 2.55. The Bertz CT molecular complexity index is 217. The number of ether oxygens (including phenoxy) is 4. The normalized spacial score (nSPS) is 45.4. The van der Waals surface area contributed by atoms with Gasteiger partial charge in [-0.05, 0) is 13.8 Å². The lowest BCUT2D eigenvalue weighted by Crippen LogP contribution is -2.37. The van der Waals surface area contributed by atoms with Crippen molar-refractivity contribution in [2.75, 3.05) is 13.7 Å². The van der Waals surface area contributed by atoms with Crippen LogP contribution >= 0.6 is 0 Å². The first-order valence-electron chi connectivity index (χ1n) is 4.72. The van der Waals surface area contributed by atoms with Gasteiger partial charge in [-0.25, -0.2) is 0 Å². The van der Waals surface area contributed by atoms with E-state index in [9.17, 15) is 0 Å². The molecule has 2 aliphatic rings. The summed E-state index contributed by atoms with van der Waals surface area (Å²) in [4.78, 5) is 0. The predicted molar refractivity (Wildman–Crippen MR) is 46.6 cm³/mol. The highest BCUT2D eigenvalue weighted by molar-refractivity contribution is 4.93. The molecule has 4 atom stereocenters. The van der Waals surface area contributed by atoms with Crippen LogP contribution in [0.1, 0.15) is 13.8 Å². The van der Waals surface area contributed by atoms with Crippen LogP contribution in [0.3, 0.4) is 0 Å². The minimum Gasteiger partial charge on any atom is -0.394 e. The van der Waals surface area contributed by atoms with Gasteiger partial charge in [-0.3, -0.25) is 0 Å². The van der Waals surface area contributed by atoms with Crippen molar-refractivity contribution in [2.45, 2.75) is 44.2 Å². The molecule has 0 radical (unpaired) electrons. The van der Waals surface area contributed by atoms with Crippen LogP contribution in [0.4, 0.5) is 0 Å². The van der Waals surface area contributed by atoms with Crippen LogP contribution in [0.25, 0.3) is 0 Å². The molecule has 0 unspecified atom stereocenters. The summed E-state index contributed by atoms with van der Waals surface area (Å²) in [6, 6.07) is 0. The van der Waals surface area contributed by atoms with Crippen molar-refractivity contribution in [1.29, 1.82) is 0 Å². The molecule has 5 nitrogen and oxygen atoms in total. The summed E-state index contributed by atoms with van der Waals surface area (Å²) in [5, 5.41) is 9.04. The third kappa shape index (κ3) is 1.55. The Kier molecular flexibility index (Phi) is 2.53. The Labute approximate surface area is 82.9 Å². The summed E-state index contributed by atoms with van der Waals surface area (Å²) in [7, 11) is 1.58. The van der Waals surface area contributed by atoms with E-state index in [1.54, 1.807) is 7.11 Å². The number of rotatable bonds is 2.